The molecule has 0 aliphatic carbocycles. The Balaban J connectivity index is 1.52. The molecular formula is C22H23ClN4O4. The zero-order valence-electron chi connectivity index (χ0n) is 16.8. The molecule has 2 aliphatic heterocycles. The van der Waals surface area contributed by atoms with Gasteiger partial charge in [0.15, 0.2) is 0 Å². The van der Waals surface area contributed by atoms with Crippen molar-refractivity contribution in [2.24, 2.45) is 0 Å². The van der Waals surface area contributed by atoms with E-state index in [1.165, 1.54) is 0 Å². The van der Waals surface area contributed by atoms with Crippen molar-refractivity contribution < 1.29 is 19.1 Å². The second-order valence-corrected chi connectivity index (χ2v) is 7.90. The molecule has 0 bridgehead atoms. The van der Waals surface area contributed by atoms with Crippen molar-refractivity contribution in [1.82, 2.24) is 15.5 Å². The molecule has 31 heavy (non-hydrogen) atoms. The Kier molecular flexibility index (Phi) is 6.39. The Morgan fingerprint density at radius 1 is 1.16 bits per heavy atom. The molecule has 9 heteroatoms. The lowest BCUT2D eigenvalue weighted by Gasteiger charge is -2.29. The lowest BCUT2D eigenvalue weighted by atomic mass is 10.1. The van der Waals surface area contributed by atoms with Crippen molar-refractivity contribution in [3.8, 4) is 0 Å². The van der Waals surface area contributed by atoms with Crippen LogP contribution in [0.4, 0.5) is 10.5 Å². The highest BCUT2D eigenvalue weighted by atomic mass is 35.5. The fourth-order valence-corrected chi connectivity index (χ4v) is 4.10. The monoisotopic (exact) mass is 442 g/mol. The molecule has 0 unspecified atom stereocenters. The van der Waals surface area contributed by atoms with Crippen molar-refractivity contribution in [1.29, 1.82) is 0 Å². The van der Waals surface area contributed by atoms with E-state index >= 15 is 0 Å². The standard InChI is InChI=1S/C22H23ClN4O4/c23-17-4-1-16-12-27(21(29)19(16)11-17)13-20(25-22(30)24-14-28)15-2-5-18(6-3-15)26-7-9-31-10-8-26/h1-6,11,14,20H,7-10,12-13H2,(H2,24,25,28,30)/t20-/m0/s1. The van der Waals surface area contributed by atoms with E-state index in [0.29, 0.717) is 36.8 Å². The number of morpholine rings is 1. The van der Waals surface area contributed by atoms with Crippen molar-refractivity contribution in [3.63, 3.8) is 0 Å². The van der Waals surface area contributed by atoms with Crippen LogP contribution < -0.4 is 15.5 Å². The minimum atomic E-state index is -0.621. The summed E-state index contributed by atoms with van der Waals surface area (Å²) in [5.74, 6) is -0.134. The summed E-state index contributed by atoms with van der Waals surface area (Å²) in [7, 11) is 0. The Hall–Kier alpha value is -3.10. The van der Waals surface area contributed by atoms with Crippen LogP contribution >= 0.6 is 11.6 Å². The van der Waals surface area contributed by atoms with Crippen molar-refractivity contribution in [2.45, 2.75) is 12.6 Å². The minimum absolute atomic E-state index is 0.134. The van der Waals surface area contributed by atoms with Gasteiger partial charge in [0, 0.05) is 42.5 Å². The molecular weight excluding hydrogens is 420 g/mol. The van der Waals surface area contributed by atoms with Gasteiger partial charge in [0.05, 0.1) is 19.3 Å². The molecule has 4 rings (SSSR count). The average Bonchev–Trinajstić information content (AvgIpc) is 3.09. The number of ether oxygens (including phenoxy) is 1. The molecule has 2 aromatic rings. The van der Waals surface area contributed by atoms with Crippen LogP contribution in [0.5, 0.6) is 0 Å². The summed E-state index contributed by atoms with van der Waals surface area (Å²) in [6.07, 6.45) is 0.326. The van der Waals surface area contributed by atoms with Gasteiger partial charge in [-0.1, -0.05) is 29.8 Å². The van der Waals surface area contributed by atoms with Crippen LogP contribution in [-0.4, -0.2) is 56.1 Å². The summed E-state index contributed by atoms with van der Waals surface area (Å²) in [5.41, 5.74) is 3.38. The van der Waals surface area contributed by atoms with E-state index in [1.54, 1.807) is 17.0 Å². The third-order valence-corrected chi connectivity index (χ3v) is 5.76. The average molecular weight is 443 g/mol. The molecule has 2 aromatic carbocycles. The summed E-state index contributed by atoms with van der Waals surface area (Å²) in [6, 6.07) is 12.0. The summed E-state index contributed by atoms with van der Waals surface area (Å²) < 4.78 is 5.40. The molecule has 8 nitrogen and oxygen atoms in total. The van der Waals surface area contributed by atoms with E-state index in [9.17, 15) is 14.4 Å². The number of amides is 4. The van der Waals surface area contributed by atoms with Gasteiger partial charge >= 0.3 is 6.03 Å². The van der Waals surface area contributed by atoms with Gasteiger partial charge in [-0.15, -0.1) is 0 Å². The van der Waals surface area contributed by atoms with Crippen molar-refractivity contribution in [3.05, 3.63) is 64.2 Å². The second-order valence-electron chi connectivity index (χ2n) is 7.47. The first-order valence-electron chi connectivity index (χ1n) is 10.1. The third kappa shape index (κ3) is 4.81. The van der Waals surface area contributed by atoms with Crippen LogP contribution in [0.2, 0.25) is 5.02 Å². The number of carbonyl (C=O) groups excluding carboxylic acids is 3. The normalized spacial score (nSPS) is 16.6. The Labute approximate surface area is 185 Å². The zero-order chi connectivity index (χ0) is 21.8. The van der Waals surface area contributed by atoms with Gasteiger partial charge in [0.25, 0.3) is 5.91 Å². The van der Waals surface area contributed by atoms with Gasteiger partial charge in [-0.25, -0.2) is 4.79 Å². The molecule has 2 aliphatic rings. The maximum atomic E-state index is 12.9. The van der Waals surface area contributed by atoms with Crippen LogP contribution in [0, 0.1) is 0 Å². The topological polar surface area (TPSA) is 91.0 Å². The number of fused-ring (bicyclic) bond motifs is 1. The first-order chi connectivity index (χ1) is 15.0. The van der Waals surface area contributed by atoms with Gasteiger partial charge in [-0.3, -0.25) is 14.9 Å². The first-order valence-corrected chi connectivity index (χ1v) is 10.4. The number of benzene rings is 2. The number of halogens is 1. The van der Waals surface area contributed by atoms with E-state index in [2.05, 4.69) is 15.5 Å². The van der Waals surface area contributed by atoms with Crippen LogP contribution in [0.15, 0.2) is 42.5 Å². The molecule has 0 saturated carbocycles. The van der Waals surface area contributed by atoms with Gasteiger partial charge in [0.2, 0.25) is 6.41 Å². The number of carbonyl (C=O) groups is 3. The number of rotatable bonds is 6. The Bertz CT molecular complexity index is 976. The second kappa shape index (κ2) is 9.36. The highest BCUT2D eigenvalue weighted by molar-refractivity contribution is 6.31. The maximum absolute atomic E-state index is 12.9. The van der Waals surface area contributed by atoms with Crippen LogP contribution in [0.3, 0.4) is 0 Å². The lowest BCUT2D eigenvalue weighted by molar-refractivity contribution is -0.108. The van der Waals surface area contributed by atoms with Crippen molar-refractivity contribution >= 4 is 35.6 Å². The minimum Gasteiger partial charge on any atom is -0.378 e. The van der Waals surface area contributed by atoms with Gasteiger partial charge in [-0.2, -0.15) is 0 Å². The lowest BCUT2D eigenvalue weighted by Crippen LogP contribution is -2.42. The quantitative estimate of drug-likeness (QED) is 0.670. The smallest absolute Gasteiger partial charge is 0.321 e. The SMILES string of the molecule is O=CNC(=O)N[C@@H](CN1Cc2ccc(Cl)cc2C1=O)c1ccc(N2CCOCC2)cc1. The number of urea groups is 1. The van der Waals surface area contributed by atoms with Crippen LogP contribution in [0.25, 0.3) is 0 Å². The molecule has 0 spiro atoms. The van der Waals surface area contributed by atoms with E-state index in [4.69, 9.17) is 16.3 Å². The molecule has 162 valence electrons. The van der Waals surface area contributed by atoms with E-state index in [-0.39, 0.29) is 12.5 Å². The Morgan fingerprint density at radius 3 is 2.61 bits per heavy atom. The molecule has 1 atom stereocenters. The van der Waals surface area contributed by atoms with E-state index in [1.807, 2.05) is 30.3 Å². The fraction of sp³-hybridized carbons (Fsp3) is 0.318. The predicted molar refractivity (Wildman–Crippen MR) is 116 cm³/mol. The largest absolute Gasteiger partial charge is 0.378 e. The third-order valence-electron chi connectivity index (χ3n) is 5.52. The van der Waals surface area contributed by atoms with Crippen LogP contribution in [-0.2, 0) is 16.1 Å². The van der Waals surface area contributed by atoms with Gasteiger partial charge in [-0.05, 0) is 35.4 Å². The molecule has 0 radical (unpaired) electrons. The zero-order valence-corrected chi connectivity index (χ0v) is 17.6. The van der Waals surface area contributed by atoms with Crippen molar-refractivity contribution in [2.75, 3.05) is 37.7 Å². The summed E-state index contributed by atoms with van der Waals surface area (Å²) in [4.78, 5) is 39.5. The highest BCUT2D eigenvalue weighted by Crippen LogP contribution is 2.28. The van der Waals surface area contributed by atoms with E-state index < -0.39 is 12.1 Å². The number of hydrogen-bond acceptors (Lipinski definition) is 5. The molecule has 1 saturated heterocycles. The predicted octanol–water partition coefficient (Wildman–Crippen LogP) is 2.33. The molecule has 4 amide bonds. The van der Waals surface area contributed by atoms with Crippen LogP contribution in [0.1, 0.15) is 27.5 Å². The van der Waals surface area contributed by atoms with Gasteiger partial charge < -0.3 is 19.9 Å². The molecule has 2 N–H and O–H groups in total. The molecule has 0 aromatic heterocycles. The maximum Gasteiger partial charge on any atom is 0.321 e. The molecule has 1 fully saturated rings. The fourth-order valence-electron chi connectivity index (χ4n) is 3.93. The summed E-state index contributed by atoms with van der Waals surface area (Å²) in [5, 5.41) is 5.39. The first kappa shape index (κ1) is 21.1. The number of hydrogen-bond donors (Lipinski definition) is 2. The summed E-state index contributed by atoms with van der Waals surface area (Å²) >= 11 is 6.04. The number of imide groups is 1. The Morgan fingerprint density at radius 2 is 1.90 bits per heavy atom. The number of nitrogens with one attached hydrogen (secondary N) is 2. The van der Waals surface area contributed by atoms with E-state index in [0.717, 1.165) is 29.9 Å². The molecule has 2 heterocycles. The number of anilines is 1. The highest BCUT2D eigenvalue weighted by Gasteiger charge is 2.30. The van der Waals surface area contributed by atoms with Gasteiger partial charge in [0.1, 0.15) is 0 Å². The summed E-state index contributed by atoms with van der Waals surface area (Å²) in [6.45, 7) is 3.73. The number of nitrogens with zero attached hydrogens (tertiary/aromatic N) is 2.